The molecule has 2 amide bonds. The molecule has 22 heavy (non-hydrogen) atoms. The summed E-state index contributed by atoms with van der Waals surface area (Å²) < 4.78 is 5.19. The summed E-state index contributed by atoms with van der Waals surface area (Å²) in [5.74, 6) is 0.350. The van der Waals surface area contributed by atoms with Crippen LogP contribution in [0.2, 0.25) is 0 Å². The number of likely N-dealkylation sites (N-methyl/N-ethyl adjacent to an activating group) is 1. The number of hydrogen-bond donors (Lipinski definition) is 1. The fourth-order valence-electron chi connectivity index (χ4n) is 2.64. The normalized spacial score (nSPS) is 15.7. The predicted octanol–water partition coefficient (Wildman–Crippen LogP) is 2.96. The lowest BCUT2D eigenvalue weighted by atomic mass is 10.1. The third-order valence-corrected chi connectivity index (χ3v) is 3.86. The van der Waals surface area contributed by atoms with Gasteiger partial charge in [-0.2, -0.15) is 0 Å². The van der Waals surface area contributed by atoms with Crippen LogP contribution in [0.5, 0.6) is 5.75 Å². The van der Waals surface area contributed by atoms with E-state index in [9.17, 15) is 9.59 Å². The van der Waals surface area contributed by atoms with E-state index in [-0.39, 0.29) is 18.5 Å². The maximum Gasteiger partial charge on any atom is 0.415 e. The van der Waals surface area contributed by atoms with Crippen LogP contribution in [0.4, 0.5) is 4.79 Å². The van der Waals surface area contributed by atoms with Gasteiger partial charge in [0.15, 0.2) is 0 Å². The smallest absolute Gasteiger partial charge is 0.410 e. The van der Waals surface area contributed by atoms with E-state index < -0.39 is 6.09 Å². The molecule has 0 bridgehead atoms. The van der Waals surface area contributed by atoms with Gasteiger partial charge in [0.05, 0.1) is 0 Å². The summed E-state index contributed by atoms with van der Waals surface area (Å²) in [4.78, 5) is 25.2. The first-order valence-electron chi connectivity index (χ1n) is 7.92. The van der Waals surface area contributed by atoms with Crippen molar-refractivity contribution in [1.29, 1.82) is 0 Å². The summed E-state index contributed by atoms with van der Waals surface area (Å²) in [5, 5.41) is 3.02. The van der Waals surface area contributed by atoms with E-state index in [4.69, 9.17) is 4.74 Å². The van der Waals surface area contributed by atoms with Crippen LogP contribution >= 0.6 is 0 Å². The summed E-state index contributed by atoms with van der Waals surface area (Å²) >= 11 is 0. The zero-order valence-corrected chi connectivity index (χ0v) is 13.1. The Bertz CT molecular complexity index is 482. The Hall–Kier alpha value is -2.04. The summed E-state index contributed by atoms with van der Waals surface area (Å²) in [5.41, 5.74) is 0. The lowest BCUT2D eigenvalue weighted by Gasteiger charge is -2.20. The standard InChI is InChI=1S/C17H24N2O3/c1-19(17(21)22-15-11-7-4-8-12-15)13-16(20)18-14-9-5-2-3-6-10-14/h4,7-8,11-12,14H,2-3,5-6,9-10,13H2,1H3,(H,18,20). The number of nitrogens with zero attached hydrogens (tertiary/aromatic N) is 1. The van der Waals surface area contributed by atoms with Crippen molar-refractivity contribution in [2.75, 3.05) is 13.6 Å². The van der Waals surface area contributed by atoms with E-state index >= 15 is 0 Å². The molecule has 0 spiro atoms. The Morgan fingerprint density at radius 2 is 1.77 bits per heavy atom. The van der Waals surface area contributed by atoms with Gasteiger partial charge in [0.2, 0.25) is 5.91 Å². The zero-order valence-electron chi connectivity index (χ0n) is 13.1. The number of carbonyl (C=O) groups excluding carboxylic acids is 2. The Labute approximate surface area is 131 Å². The minimum atomic E-state index is -0.526. The molecule has 0 radical (unpaired) electrons. The highest BCUT2D eigenvalue weighted by atomic mass is 16.6. The van der Waals surface area contributed by atoms with Crippen molar-refractivity contribution in [3.05, 3.63) is 30.3 Å². The average Bonchev–Trinajstić information content (AvgIpc) is 2.76. The molecule has 1 aliphatic rings. The van der Waals surface area contributed by atoms with Crippen molar-refractivity contribution in [3.63, 3.8) is 0 Å². The second-order valence-electron chi connectivity index (χ2n) is 5.79. The number of ether oxygens (including phenoxy) is 1. The highest BCUT2D eigenvalue weighted by Crippen LogP contribution is 2.17. The molecule has 5 nitrogen and oxygen atoms in total. The molecule has 1 aromatic carbocycles. The minimum Gasteiger partial charge on any atom is -0.410 e. The average molecular weight is 304 g/mol. The largest absolute Gasteiger partial charge is 0.415 e. The van der Waals surface area contributed by atoms with Crippen molar-refractivity contribution in [1.82, 2.24) is 10.2 Å². The van der Waals surface area contributed by atoms with Crippen LogP contribution in [0.1, 0.15) is 38.5 Å². The number of carbonyl (C=O) groups is 2. The van der Waals surface area contributed by atoms with Gasteiger partial charge < -0.3 is 15.0 Å². The molecule has 1 fully saturated rings. The van der Waals surface area contributed by atoms with Crippen LogP contribution in [0, 0.1) is 0 Å². The molecule has 0 aromatic heterocycles. The van der Waals surface area contributed by atoms with Gasteiger partial charge in [-0.25, -0.2) is 4.79 Å². The fourth-order valence-corrected chi connectivity index (χ4v) is 2.64. The lowest BCUT2D eigenvalue weighted by Crippen LogP contribution is -2.43. The van der Waals surface area contributed by atoms with Crippen molar-refractivity contribution in [3.8, 4) is 5.75 Å². The monoisotopic (exact) mass is 304 g/mol. The van der Waals surface area contributed by atoms with Crippen LogP contribution in [-0.4, -0.2) is 36.5 Å². The Kier molecular flexibility index (Phi) is 6.25. The molecule has 0 aliphatic heterocycles. The third kappa shape index (κ3) is 5.39. The van der Waals surface area contributed by atoms with E-state index in [0.29, 0.717) is 5.75 Å². The molecule has 0 atom stereocenters. The van der Waals surface area contributed by atoms with Gasteiger partial charge in [0.25, 0.3) is 0 Å². The molecule has 1 aliphatic carbocycles. The zero-order chi connectivity index (χ0) is 15.8. The van der Waals surface area contributed by atoms with Gasteiger partial charge in [-0.3, -0.25) is 4.79 Å². The van der Waals surface area contributed by atoms with E-state index in [1.54, 1.807) is 31.3 Å². The van der Waals surface area contributed by atoms with E-state index in [2.05, 4.69) is 5.32 Å². The summed E-state index contributed by atoms with van der Waals surface area (Å²) in [6.07, 6.45) is 6.36. The highest BCUT2D eigenvalue weighted by Gasteiger charge is 2.18. The number of nitrogens with one attached hydrogen (secondary N) is 1. The first-order chi connectivity index (χ1) is 10.6. The third-order valence-electron chi connectivity index (χ3n) is 3.86. The molecule has 0 saturated heterocycles. The second kappa shape index (κ2) is 8.41. The van der Waals surface area contributed by atoms with Gasteiger partial charge >= 0.3 is 6.09 Å². The molecule has 0 unspecified atom stereocenters. The van der Waals surface area contributed by atoms with Gasteiger partial charge in [-0.15, -0.1) is 0 Å². The molecular formula is C17H24N2O3. The van der Waals surface area contributed by atoms with Gasteiger partial charge in [-0.05, 0) is 25.0 Å². The molecule has 0 heterocycles. The van der Waals surface area contributed by atoms with Gasteiger partial charge in [-0.1, -0.05) is 43.9 Å². The van der Waals surface area contributed by atoms with Gasteiger partial charge in [0, 0.05) is 13.1 Å². The van der Waals surface area contributed by atoms with Crippen LogP contribution in [0.3, 0.4) is 0 Å². The lowest BCUT2D eigenvalue weighted by molar-refractivity contribution is -0.122. The minimum absolute atomic E-state index is 0.0160. The van der Waals surface area contributed by atoms with Gasteiger partial charge in [0.1, 0.15) is 12.3 Å². The molecule has 2 rings (SSSR count). The van der Waals surface area contributed by atoms with Crippen molar-refractivity contribution in [2.45, 2.75) is 44.6 Å². The summed E-state index contributed by atoms with van der Waals surface area (Å²) in [6, 6.07) is 9.09. The SMILES string of the molecule is CN(CC(=O)NC1CCCCCC1)C(=O)Oc1ccccc1. The Morgan fingerprint density at radius 3 is 2.41 bits per heavy atom. The molecule has 5 heteroatoms. The quantitative estimate of drug-likeness (QED) is 0.870. The van der Waals surface area contributed by atoms with E-state index in [1.807, 2.05) is 6.07 Å². The first kappa shape index (κ1) is 16.3. The predicted molar refractivity (Wildman–Crippen MR) is 84.7 cm³/mol. The molecule has 1 saturated carbocycles. The molecule has 120 valence electrons. The maximum absolute atomic E-state index is 12.0. The van der Waals surface area contributed by atoms with Crippen molar-refractivity contribution in [2.24, 2.45) is 0 Å². The topological polar surface area (TPSA) is 58.6 Å². The molecule has 1 aromatic rings. The number of rotatable bonds is 4. The number of hydrogen-bond acceptors (Lipinski definition) is 3. The van der Waals surface area contributed by atoms with E-state index in [1.165, 1.54) is 17.7 Å². The Morgan fingerprint density at radius 1 is 1.14 bits per heavy atom. The number of benzene rings is 1. The highest BCUT2D eigenvalue weighted by molar-refractivity contribution is 5.82. The second-order valence-corrected chi connectivity index (χ2v) is 5.79. The first-order valence-corrected chi connectivity index (χ1v) is 7.92. The summed E-state index contributed by atoms with van der Waals surface area (Å²) in [7, 11) is 1.57. The fraction of sp³-hybridized carbons (Fsp3) is 0.529. The van der Waals surface area contributed by atoms with Crippen molar-refractivity contribution < 1.29 is 14.3 Å². The van der Waals surface area contributed by atoms with E-state index in [0.717, 1.165) is 25.7 Å². The number of para-hydroxylation sites is 1. The Balaban J connectivity index is 1.76. The number of amides is 2. The molecule has 1 N–H and O–H groups in total. The van der Waals surface area contributed by atoms with Crippen LogP contribution in [0.15, 0.2) is 30.3 Å². The van der Waals surface area contributed by atoms with Crippen LogP contribution in [-0.2, 0) is 4.79 Å². The molecular weight excluding hydrogens is 280 g/mol. The maximum atomic E-state index is 12.0. The van der Waals surface area contributed by atoms with Crippen LogP contribution < -0.4 is 10.1 Å². The van der Waals surface area contributed by atoms with Crippen molar-refractivity contribution >= 4 is 12.0 Å². The van der Waals surface area contributed by atoms with Crippen LogP contribution in [0.25, 0.3) is 0 Å². The summed E-state index contributed by atoms with van der Waals surface area (Å²) in [6.45, 7) is 0.0160.